The molecule has 1 aromatic carbocycles. The van der Waals surface area contributed by atoms with Gasteiger partial charge in [0, 0.05) is 31.1 Å². The first-order chi connectivity index (χ1) is 18.3. The van der Waals surface area contributed by atoms with E-state index in [1.807, 2.05) is 0 Å². The van der Waals surface area contributed by atoms with E-state index in [0.29, 0.717) is 18.3 Å². The Bertz CT molecular complexity index is 1040. The zero-order chi connectivity index (χ0) is 26.7. The number of aliphatic carboxylic acids is 1. The van der Waals surface area contributed by atoms with E-state index in [4.69, 9.17) is 0 Å². The van der Waals surface area contributed by atoms with Gasteiger partial charge in [-0.25, -0.2) is 13.2 Å². The Hall–Kier alpha value is -1.90. The second-order valence-electron chi connectivity index (χ2n) is 11.7. The molecule has 8 heteroatoms. The van der Waals surface area contributed by atoms with Crippen LogP contribution in [0.3, 0.4) is 0 Å². The number of hydrogen-bond donors (Lipinski definition) is 1. The van der Waals surface area contributed by atoms with Gasteiger partial charge in [0.15, 0.2) is 0 Å². The number of halogens is 3. The number of rotatable bonds is 11. The van der Waals surface area contributed by atoms with Gasteiger partial charge in [-0.05, 0) is 97.5 Å². The smallest absolute Gasteiger partial charge is 0.320 e. The number of alkyl halides is 2. The Morgan fingerprint density at radius 3 is 2.37 bits per heavy atom. The summed E-state index contributed by atoms with van der Waals surface area (Å²) >= 11 is 1.67. The minimum Gasteiger partial charge on any atom is -0.480 e. The van der Waals surface area contributed by atoms with Crippen LogP contribution < -0.4 is 0 Å². The van der Waals surface area contributed by atoms with Crippen molar-refractivity contribution in [1.29, 1.82) is 0 Å². The van der Waals surface area contributed by atoms with Crippen LogP contribution in [0, 0.1) is 23.6 Å². The largest absolute Gasteiger partial charge is 0.480 e. The lowest BCUT2D eigenvalue weighted by molar-refractivity contribution is -0.145. The summed E-state index contributed by atoms with van der Waals surface area (Å²) in [5.41, 5.74) is 1.12. The zero-order valence-corrected chi connectivity index (χ0v) is 22.7. The topological polar surface area (TPSA) is 43.8 Å². The van der Waals surface area contributed by atoms with Crippen molar-refractivity contribution in [1.82, 2.24) is 9.80 Å². The number of nitrogens with zero attached hydrogens (tertiary/aromatic N) is 2. The van der Waals surface area contributed by atoms with E-state index < -0.39 is 23.8 Å². The van der Waals surface area contributed by atoms with Gasteiger partial charge in [-0.1, -0.05) is 31.4 Å². The van der Waals surface area contributed by atoms with Crippen molar-refractivity contribution >= 4 is 17.3 Å². The Kier molecular flexibility index (Phi) is 8.80. The molecule has 1 saturated carbocycles. The van der Waals surface area contributed by atoms with Crippen LogP contribution in [-0.2, 0) is 10.7 Å². The Morgan fingerprint density at radius 1 is 1.03 bits per heavy atom. The third kappa shape index (κ3) is 6.45. The van der Waals surface area contributed by atoms with Crippen LogP contribution in [0.2, 0.25) is 0 Å². The molecule has 2 aromatic rings. The molecule has 0 radical (unpaired) electrons. The summed E-state index contributed by atoms with van der Waals surface area (Å²) in [7, 11) is 0. The SMILES string of the molecule is O=C(O)[C@@H](CC1CCC1)N1CC[C@@H](CN2CCC(CCC(F)(F)c3ccc(F)cc3)CC2)[C@H]1c1ccsc1. The maximum atomic E-state index is 14.7. The summed E-state index contributed by atoms with van der Waals surface area (Å²) in [5.74, 6) is -2.97. The van der Waals surface area contributed by atoms with E-state index >= 15 is 0 Å². The quantitative estimate of drug-likeness (QED) is 0.323. The lowest BCUT2D eigenvalue weighted by Crippen LogP contribution is -2.44. The van der Waals surface area contributed by atoms with Gasteiger partial charge in [0.25, 0.3) is 5.92 Å². The monoisotopic (exact) mass is 548 g/mol. The van der Waals surface area contributed by atoms with Crippen molar-refractivity contribution in [2.45, 2.75) is 75.8 Å². The van der Waals surface area contributed by atoms with Gasteiger partial charge in [0.1, 0.15) is 11.9 Å². The zero-order valence-electron chi connectivity index (χ0n) is 21.9. The van der Waals surface area contributed by atoms with E-state index in [-0.39, 0.29) is 23.9 Å². The number of carbonyl (C=O) groups is 1. The minimum atomic E-state index is -2.94. The summed E-state index contributed by atoms with van der Waals surface area (Å²) in [6.07, 6.45) is 7.30. The van der Waals surface area contributed by atoms with Crippen LogP contribution in [0.25, 0.3) is 0 Å². The van der Waals surface area contributed by atoms with Gasteiger partial charge < -0.3 is 10.0 Å². The first-order valence-electron chi connectivity index (χ1n) is 14.2. The van der Waals surface area contributed by atoms with Gasteiger partial charge >= 0.3 is 5.97 Å². The van der Waals surface area contributed by atoms with E-state index in [1.165, 1.54) is 24.1 Å². The number of carboxylic acids is 1. The predicted molar refractivity (Wildman–Crippen MR) is 144 cm³/mol. The summed E-state index contributed by atoms with van der Waals surface area (Å²) in [6.45, 7) is 3.52. The molecule has 208 valence electrons. The Morgan fingerprint density at radius 2 is 1.76 bits per heavy atom. The number of likely N-dealkylation sites (tertiary alicyclic amines) is 2. The molecule has 3 heterocycles. The van der Waals surface area contributed by atoms with E-state index in [0.717, 1.165) is 76.8 Å². The average Bonchev–Trinajstić information content (AvgIpc) is 3.53. The minimum absolute atomic E-state index is 0.112. The predicted octanol–water partition coefficient (Wildman–Crippen LogP) is 7.18. The van der Waals surface area contributed by atoms with Gasteiger partial charge in [0.2, 0.25) is 0 Å². The van der Waals surface area contributed by atoms with Crippen molar-refractivity contribution in [2.75, 3.05) is 26.2 Å². The Balaban J connectivity index is 1.16. The molecule has 0 spiro atoms. The number of thiophene rings is 1. The molecule has 3 atom stereocenters. The maximum absolute atomic E-state index is 14.7. The van der Waals surface area contributed by atoms with Crippen molar-refractivity contribution in [3.63, 3.8) is 0 Å². The molecular weight excluding hydrogens is 509 g/mol. The molecule has 2 aliphatic heterocycles. The summed E-state index contributed by atoms with van der Waals surface area (Å²) < 4.78 is 42.4. The van der Waals surface area contributed by atoms with Crippen molar-refractivity contribution in [2.24, 2.45) is 17.8 Å². The van der Waals surface area contributed by atoms with Crippen LogP contribution in [0.1, 0.15) is 75.0 Å². The molecule has 0 unspecified atom stereocenters. The number of hydrogen-bond acceptors (Lipinski definition) is 4. The van der Waals surface area contributed by atoms with Gasteiger partial charge in [0.05, 0.1) is 0 Å². The van der Waals surface area contributed by atoms with Gasteiger partial charge in [-0.3, -0.25) is 9.69 Å². The van der Waals surface area contributed by atoms with Crippen LogP contribution in [0.5, 0.6) is 0 Å². The van der Waals surface area contributed by atoms with Crippen LogP contribution in [-0.4, -0.2) is 53.1 Å². The molecule has 1 aliphatic carbocycles. The third-order valence-corrected chi connectivity index (χ3v) is 9.95. The molecule has 5 rings (SSSR count). The molecule has 3 fully saturated rings. The number of benzene rings is 1. The molecule has 0 bridgehead atoms. The normalized spacial score (nSPS) is 24.9. The van der Waals surface area contributed by atoms with Crippen molar-refractivity contribution < 1.29 is 23.1 Å². The lowest BCUT2D eigenvalue weighted by atomic mass is 9.80. The molecule has 4 nitrogen and oxygen atoms in total. The number of carboxylic acid groups (broad SMARTS) is 1. The number of piperidine rings is 1. The highest BCUT2D eigenvalue weighted by atomic mass is 32.1. The second-order valence-corrected chi connectivity index (χ2v) is 12.4. The molecule has 0 amide bonds. The van der Waals surface area contributed by atoms with Gasteiger partial charge in [-0.15, -0.1) is 0 Å². The lowest BCUT2D eigenvalue weighted by Gasteiger charge is -2.38. The average molecular weight is 549 g/mol. The standard InChI is InChI=1S/C30H39F3N2O2S/c31-26-6-4-25(5-7-26)30(32,33)13-8-21-9-14-34(15-10-21)19-23-11-16-35(28(23)24-12-17-38-20-24)27(29(36)37)18-22-2-1-3-22/h4-7,12,17,20-23,27-28H,1-3,8-11,13-16,18-19H2,(H,36,37)/t23-,27+,28-/m0/s1. The highest BCUT2D eigenvalue weighted by Crippen LogP contribution is 2.43. The highest BCUT2D eigenvalue weighted by molar-refractivity contribution is 7.08. The first kappa shape index (κ1) is 27.7. The summed E-state index contributed by atoms with van der Waals surface area (Å²) in [4.78, 5) is 17.1. The molecule has 1 N–H and O–H groups in total. The van der Waals surface area contributed by atoms with Crippen LogP contribution in [0.15, 0.2) is 41.1 Å². The Labute approximate surface area is 227 Å². The third-order valence-electron chi connectivity index (χ3n) is 9.25. The van der Waals surface area contributed by atoms with Crippen molar-refractivity contribution in [3.05, 3.63) is 58.0 Å². The molecule has 2 saturated heterocycles. The second kappa shape index (κ2) is 12.1. The highest BCUT2D eigenvalue weighted by Gasteiger charge is 2.43. The summed E-state index contributed by atoms with van der Waals surface area (Å²) in [6, 6.07) is 6.42. The fourth-order valence-electron chi connectivity index (χ4n) is 6.77. The molecule has 3 aliphatic rings. The van der Waals surface area contributed by atoms with Crippen molar-refractivity contribution in [3.8, 4) is 0 Å². The maximum Gasteiger partial charge on any atom is 0.320 e. The van der Waals surface area contributed by atoms with E-state index in [9.17, 15) is 23.1 Å². The fraction of sp³-hybridized carbons (Fsp3) is 0.633. The summed E-state index contributed by atoms with van der Waals surface area (Å²) in [5, 5.41) is 14.4. The molecule has 1 aromatic heterocycles. The molecular formula is C30H39F3N2O2S. The van der Waals surface area contributed by atoms with Gasteiger partial charge in [-0.2, -0.15) is 11.3 Å². The van der Waals surface area contributed by atoms with Crippen LogP contribution >= 0.6 is 11.3 Å². The fourth-order valence-corrected chi connectivity index (χ4v) is 7.45. The van der Waals surface area contributed by atoms with E-state index in [2.05, 4.69) is 26.6 Å². The first-order valence-corrected chi connectivity index (χ1v) is 15.1. The van der Waals surface area contributed by atoms with E-state index in [1.54, 1.807) is 11.3 Å². The molecule has 38 heavy (non-hydrogen) atoms. The van der Waals surface area contributed by atoms with Crippen LogP contribution in [0.4, 0.5) is 13.2 Å².